The molecule has 2 aromatic carbocycles. The summed E-state index contributed by atoms with van der Waals surface area (Å²) in [6.07, 6.45) is 2.62. The molecule has 3 rings (SSSR count). The summed E-state index contributed by atoms with van der Waals surface area (Å²) in [4.78, 5) is 16.2. The van der Waals surface area contributed by atoms with Gasteiger partial charge in [0, 0.05) is 18.7 Å². The Morgan fingerprint density at radius 1 is 1.04 bits per heavy atom. The van der Waals surface area contributed by atoms with E-state index < -0.39 is 6.09 Å². The first-order valence-electron chi connectivity index (χ1n) is 8.63. The molecule has 1 aliphatic rings. The number of hydrogen-bond donors (Lipinski definition) is 2. The van der Waals surface area contributed by atoms with Crippen LogP contribution in [0.1, 0.15) is 24.0 Å². The number of benzene rings is 2. The molecular formula is C20H23N3O2. The monoisotopic (exact) mass is 337 g/mol. The maximum atomic E-state index is 11.8. The summed E-state index contributed by atoms with van der Waals surface area (Å²) >= 11 is 0. The predicted molar refractivity (Wildman–Crippen MR) is 99.9 cm³/mol. The lowest BCUT2D eigenvalue weighted by atomic mass is 10.1. The Balaban J connectivity index is 1.40. The Morgan fingerprint density at radius 2 is 1.84 bits per heavy atom. The summed E-state index contributed by atoms with van der Waals surface area (Å²) in [5, 5.41) is 6.04. The maximum absolute atomic E-state index is 11.8. The zero-order valence-corrected chi connectivity index (χ0v) is 14.2. The van der Waals surface area contributed by atoms with Gasteiger partial charge in [0.2, 0.25) is 0 Å². The van der Waals surface area contributed by atoms with Gasteiger partial charge in [0.15, 0.2) is 0 Å². The van der Waals surface area contributed by atoms with Crippen LogP contribution in [0.3, 0.4) is 0 Å². The fraction of sp³-hybridized carbons (Fsp3) is 0.300. The van der Waals surface area contributed by atoms with Crippen LogP contribution in [0.5, 0.6) is 0 Å². The van der Waals surface area contributed by atoms with Crippen LogP contribution in [0.25, 0.3) is 0 Å². The van der Waals surface area contributed by atoms with Crippen LogP contribution in [0.2, 0.25) is 0 Å². The van der Waals surface area contributed by atoms with E-state index in [9.17, 15) is 4.79 Å². The van der Waals surface area contributed by atoms with Gasteiger partial charge in [-0.1, -0.05) is 42.5 Å². The highest BCUT2D eigenvalue weighted by Gasteiger charge is 2.06. The van der Waals surface area contributed by atoms with Crippen molar-refractivity contribution in [1.82, 2.24) is 5.32 Å². The van der Waals surface area contributed by atoms with Gasteiger partial charge in [0.25, 0.3) is 0 Å². The second kappa shape index (κ2) is 8.87. The second-order valence-corrected chi connectivity index (χ2v) is 5.99. The first-order chi connectivity index (χ1) is 12.3. The van der Waals surface area contributed by atoms with E-state index in [1.807, 2.05) is 54.6 Å². The van der Waals surface area contributed by atoms with Crippen LogP contribution in [0.4, 0.5) is 10.5 Å². The molecule has 2 N–H and O–H groups in total. The molecule has 0 aliphatic carbocycles. The summed E-state index contributed by atoms with van der Waals surface area (Å²) in [5.74, 6) is 1.12. The Morgan fingerprint density at radius 3 is 2.56 bits per heavy atom. The van der Waals surface area contributed by atoms with E-state index in [4.69, 9.17) is 4.74 Å². The SMILES string of the molecule is O=C(Nc1ccc(CCCC2=NCCN2)cc1)OCc1ccccc1. The molecule has 0 bridgehead atoms. The van der Waals surface area contributed by atoms with Crippen LogP contribution < -0.4 is 10.6 Å². The van der Waals surface area contributed by atoms with E-state index in [-0.39, 0.29) is 6.61 Å². The van der Waals surface area contributed by atoms with E-state index in [2.05, 4.69) is 15.6 Å². The molecule has 5 nitrogen and oxygen atoms in total. The minimum Gasteiger partial charge on any atom is -0.444 e. The lowest BCUT2D eigenvalue weighted by Gasteiger charge is -2.08. The van der Waals surface area contributed by atoms with Gasteiger partial charge in [-0.05, 0) is 36.1 Å². The van der Waals surface area contributed by atoms with Crippen molar-refractivity contribution in [2.24, 2.45) is 4.99 Å². The number of anilines is 1. The highest BCUT2D eigenvalue weighted by atomic mass is 16.5. The third-order valence-electron chi connectivity index (χ3n) is 4.04. The minimum atomic E-state index is -0.443. The van der Waals surface area contributed by atoms with Crippen molar-refractivity contribution in [2.45, 2.75) is 25.9 Å². The fourth-order valence-electron chi connectivity index (χ4n) is 2.71. The van der Waals surface area contributed by atoms with E-state index in [0.717, 1.165) is 49.4 Å². The molecule has 0 saturated heterocycles. The molecule has 0 radical (unpaired) electrons. The Labute approximate surface area is 148 Å². The Bertz CT molecular complexity index is 711. The zero-order chi connectivity index (χ0) is 17.3. The molecule has 0 unspecified atom stereocenters. The average molecular weight is 337 g/mol. The Hall–Kier alpha value is -2.82. The number of carbonyl (C=O) groups excluding carboxylic acids is 1. The van der Waals surface area contributed by atoms with E-state index in [1.165, 1.54) is 5.56 Å². The summed E-state index contributed by atoms with van der Waals surface area (Å²) in [6, 6.07) is 17.5. The second-order valence-electron chi connectivity index (χ2n) is 5.99. The molecule has 25 heavy (non-hydrogen) atoms. The number of amidine groups is 1. The van der Waals surface area contributed by atoms with Gasteiger partial charge < -0.3 is 10.1 Å². The smallest absolute Gasteiger partial charge is 0.411 e. The van der Waals surface area contributed by atoms with Gasteiger partial charge in [0.1, 0.15) is 6.61 Å². The standard InChI is InChI=1S/C20H23N3O2/c24-20(25-15-17-5-2-1-3-6-17)23-18-11-9-16(10-12-18)7-4-8-19-21-13-14-22-19/h1-3,5-6,9-12H,4,7-8,13-15H2,(H,21,22)(H,23,24). The third-order valence-corrected chi connectivity index (χ3v) is 4.04. The largest absolute Gasteiger partial charge is 0.444 e. The number of aliphatic imine (C=N–C) groups is 1. The number of hydrogen-bond acceptors (Lipinski definition) is 4. The van der Waals surface area contributed by atoms with Gasteiger partial charge in [-0.25, -0.2) is 4.79 Å². The van der Waals surface area contributed by atoms with Crippen molar-refractivity contribution in [3.8, 4) is 0 Å². The number of carbonyl (C=O) groups is 1. The number of nitrogens with zero attached hydrogens (tertiary/aromatic N) is 1. The Kier molecular flexibility index (Phi) is 6.04. The number of rotatable bonds is 7. The number of amides is 1. The van der Waals surface area contributed by atoms with E-state index in [1.54, 1.807) is 0 Å². The van der Waals surface area contributed by atoms with Crippen LogP contribution in [0, 0.1) is 0 Å². The summed E-state index contributed by atoms with van der Waals surface area (Å²) < 4.78 is 5.21. The normalized spacial score (nSPS) is 13.0. The topological polar surface area (TPSA) is 62.7 Å². The van der Waals surface area contributed by atoms with Crippen molar-refractivity contribution < 1.29 is 9.53 Å². The van der Waals surface area contributed by atoms with E-state index in [0.29, 0.717) is 0 Å². The highest BCUT2D eigenvalue weighted by molar-refractivity contribution is 5.84. The molecule has 0 saturated carbocycles. The van der Waals surface area contributed by atoms with Crippen molar-refractivity contribution in [2.75, 3.05) is 18.4 Å². The van der Waals surface area contributed by atoms with Gasteiger partial charge in [0.05, 0.1) is 12.4 Å². The molecule has 130 valence electrons. The molecular weight excluding hydrogens is 314 g/mol. The van der Waals surface area contributed by atoms with Crippen molar-refractivity contribution in [3.05, 3.63) is 65.7 Å². The van der Waals surface area contributed by atoms with E-state index >= 15 is 0 Å². The minimum absolute atomic E-state index is 0.267. The molecule has 0 aromatic heterocycles. The third kappa shape index (κ3) is 5.64. The molecule has 5 heteroatoms. The first kappa shape index (κ1) is 17.0. The van der Waals surface area contributed by atoms with Gasteiger partial charge >= 0.3 is 6.09 Å². The summed E-state index contributed by atoms with van der Waals surface area (Å²) in [6.45, 7) is 2.13. The fourth-order valence-corrected chi connectivity index (χ4v) is 2.71. The lowest BCUT2D eigenvalue weighted by Crippen LogP contribution is -2.18. The molecule has 2 aromatic rings. The molecule has 1 aliphatic heterocycles. The van der Waals surface area contributed by atoms with Crippen LogP contribution >= 0.6 is 0 Å². The molecule has 1 heterocycles. The van der Waals surface area contributed by atoms with Gasteiger partial charge in [-0.15, -0.1) is 0 Å². The zero-order valence-electron chi connectivity index (χ0n) is 14.2. The maximum Gasteiger partial charge on any atom is 0.411 e. The van der Waals surface area contributed by atoms with Gasteiger partial charge in [-0.3, -0.25) is 10.3 Å². The van der Waals surface area contributed by atoms with Gasteiger partial charge in [-0.2, -0.15) is 0 Å². The quantitative estimate of drug-likeness (QED) is 0.808. The van der Waals surface area contributed by atoms with Crippen molar-refractivity contribution in [1.29, 1.82) is 0 Å². The lowest BCUT2D eigenvalue weighted by molar-refractivity contribution is 0.155. The number of aryl methyl sites for hydroxylation is 1. The van der Waals surface area contributed by atoms with Crippen LogP contribution in [-0.4, -0.2) is 25.0 Å². The summed E-state index contributed by atoms with van der Waals surface area (Å²) in [7, 11) is 0. The molecule has 0 fully saturated rings. The molecule has 0 spiro atoms. The predicted octanol–water partition coefficient (Wildman–Crippen LogP) is 3.76. The van der Waals surface area contributed by atoms with Crippen molar-refractivity contribution >= 4 is 17.6 Å². The number of ether oxygens (including phenoxy) is 1. The molecule has 1 amide bonds. The van der Waals surface area contributed by atoms with Crippen LogP contribution in [0.15, 0.2) is 59.6 Å². The molecule has 0 atom stereocenters. The van der Waals surface area contributed by atoms with Crippen molar-refractivity contribution in [3.63, 3.8) is 0 Å². The average Bonchev–Trinajstić information content (AvgIpc) is 3.16. The number of nitrogens with one attached hydrogen (secondary N) is 2. The highest BCUT2D eigenvalue weighted by Crippen LogP contribution is 2.13. The first-order valence-corrected chi connectivity index (χ1v) is 8.63. The summed E-state index contributed by atoms with van der Waals surface area (Å²) in [5.41, 5.74) is 2.96. The van der Waals surface area contributed by atoms with Crippen LogP contribution in [-0.2, 0) is 17.8 Å².